The Hall–Kier alpha value is -3.57. The number of hydrogen-bond donors (Lipinski definition) is 0. The van der Waals surface area contributed by atoms with E-state index in [0.717, 1.165) is 44.3 Å². The number of thioether (sulfide) groups is 1. The van der Waals surface area contributed by atoms with Crippen LogP contribution in [0.5, 0.6) is 0 Å². The number of nitrogens with zero attached hydrogens (tertiary/aromatic N) is 1. The van der Waals surface area contributed by atoms with Gasteiger partial charge < -0.3 is 8.39 Å². The highest BCUT2D eigenvalue weighted by atomic mass is 127. The molecule has 0 saturated heterocycles. The van der Waals surface area contributed by atoms with Crippen molar-refractivity contribution in [3.05, 3.63) is 204 Å². The summed E-state index contributed by atoms with van der Waals surface area (Å²) < 4.78 is 20.7. The van der Waals surface area contributed by atoms with E-state index in [1.807, 2.05) is 11.8 Å². The summed E-state index contributed by atoms with van der Waals surface area (Å²) in [5.41, 5.74) is 5.33. The molecule has 0 N–H and O–H groups in total. The molecule has 0 radical (unpaired) electrons. The van der Waals surface area contributed by atoms with Crippen molar-refractivity contribution >= 4 is 125 Å². The molecule has 0 saturated carbocycles. The second kappa shape index (κ2) is 16.5. The van der Waals surface area contributed by atoms with Gasteiger partial charge in [0.15, 0.2) is 11.2 Å². The average Bonchev–Trinajstić information content (AvgIpc) is 3.41. The monoisotopic (exact) mass is 1040 g/mol. The van der Waals surface area contributed by atoms with Crippen LogP contribution in [0.15, 0.2) is 194 Å². The van der Waals surface area contributed by atoms with Gasteiger partial charge in [-0.05, 0) is 120 Å². The summed E-state index contributed by atoms with van der Waals surface area (Å²) in [6.07, 6.45) is 0. The number of benzene rings is 8. The van der Waals surface area contributed by atoms with Crippen LogP contribution in [-0.4, -0.2) is 0 Å². The van der Waals surface area contributed by atoms with Crippen LogP contribution in [0.3, 0.4) is 0 Å². The fraction of sp³-hybridized carbons (Fsp3) is 0.0638. The van der Waals surface area contributed by atoms with Gasteiger partial charge >= 0.3 is 8.16 Å². The lowest BCUT2D eigenvalue weighted by atomic mass is 9.97. The van der Waals surface area contributed by atoms with Gasteiger partial charge in [0, 0.05) is 26.7 Å². The van der Waals surface area contributed by atoms with E-state index in [4.69, 9.17) is 8.39 Å². The Kier molecular flexibility index (Phi) is 11.1. The Labute approximate surface area is 361 Å². The van der Waals surface area contributed by atoms with Crippen LogP contribution in [-0.2, 0) is 6.54 Å². The molecule has 9 aromatic rings. The van der Waals surface area contributed by atoms with Crippen LogP contribution >= 0.6 is 81.0 Å². The van der Waals surface area contributed by atoms with Gasteiger partial charge in [0.05, 0.1) is 18.4 Å². The maximum Gasteiger partial charge on any atom is 0.310 e. The largest absolute Gasteiger partial charge is 0.407 e. The molecule has 0 aliphatic heterocycles. The van der Waals surface area contributed by atoms with Crippen molar-refractivity contribution in [1.29, 1.82) is 0 Å². The molecule has 0 spiro atoms. The molecule has 0 aliphatic carbocycles. The van der Waals surface area contributed by atoms with Gasteiger partial charge in [0.2, 0.25) is 0 Å². The summed E-state index contributed by atoms with van der Waals surface area (Å²) in [7, 11) is -1.76. The second-order valence-electron chi connectivity index (χ2n) is 13.3. The smallest absolute Gasteiger partial charge is 0.310 e. The third-order valence-corrected chi connectivity index (χ3v) is 14.8. The van der Waals surface area contributed by atoms with Crippen molar-refractivity contribution < 1.29 is 8.39 Å². The SMILES string of the molecule is Brc1ccc(S[C@H](c2ccccc2)[C@H](c2ccccc2)N(Cc2ccccc2)p2oc3c(I)cc4ccccc4c3c3c(o2)c(I)cc2ccccc23)cc1. The summed E-state index contributed by atoms with van der Waals surface area (Å²) >= 11 is 10.5. The van der Waals surface area contributed by atoms with Crippen LogP contribution in [0.1, 0.15) is 28.0 Å². The first-order valence-corrected chi connectivity index (χ1v) is 22.9. The molecule has 1 aromatic heterocycles. The molecule has 9 rings (SSSR count). The van der Waals surface area contributed by atoms with Gasteiger partial charge in [-0.1, -0.05) is 155 Å². The molecule has 0 unspecified atom stereocenters. The number of rotatable bonds is 9. The van der Waals surface area contributed by atoms with Crippen molar-refractivity contribution in [2.24, 2.45) is 0 Å². The van der Waals surface area contributed by atoms with Crippen LogP contribution in [0, 0.1) is 7.14 Å². The van der Waals surface area contributed by atoms with Crippen LogP contribution in [0.2, 0.25) is 0 Å². The zero-order valence-corrected chi connectivity index (χ0v) is 37.0. The molecule has 0 fully saturated rings. The molecular weight excluding hydrogens is 1010 g/mol. The van der Waals surface area contributed by atoms with E-state index in [1.165, 1.54) is 32.4 Å². The standard InChI is InChI=1S/C47H33BrI2NO2PS/c48-36-24-26-37(27-25-36)55-47(33-18-8-3-9-19-33)44(32-16-6-2-7-17-32)51(30-31-14-4-1-5-15-31)54-52-45-40(49)28-34-20-10-12-22-38(34)42(45)43-39-23-13-11-21-35(39)29-41(50)46(43)53-54/h1-29,44,47H,30H2/t44-,47+/m0/s1. The van der Waals surface area contributed by atoms with Gasteiger partial charge in [-0.25, -0.2) is 0 Å². The van der Waals surface area contributed by atoms with Gasteiger partial charge in [0.1, 0.15) is 0 Å². The molecule has 1 heterocycles. The third kappa shape index (κ3) is 7.64. The van der Waals surface area contributed by atoms with E-state index in [-0.39, 0.29) is 11.3 Å². The van der Waals surface area contributed by atoms with E-state index in [0.29, 0.717) is 6.54 Å². The van der Waals surface area contributed by atoms with E-state index >= 15 is 0 Å². The summed E-state index contributed by atoms with van der Waals surface area (Å²) in [5.74, 6) is 0. The van der Waals surface area contributed by atoms with Crippen molar-refractivity contribution in [2.45, 2.75) is 22.7 Å². The third-order valence-electron chi connectivity index (χ3n) is 9.85. The maximum atomic E-state index is 7.51. The van der Waals surface area contributed by atoms with E-state index in [1.54, 1.807) is 0 Å². The Bertz CT molecular complexity index is 2720. The van der Waals surface area contributed by atoms with E-state index in [9.17, 15) is 0 Å². The number of hydrogen-bond acceptors (Lipinski definition) is 4. The first-order valence-electron chi connectivity index (χ1n) is 17.9. The topological polar surface area (TPSA) is 29.5 Å². The van der Waals surface area contributed by atoms with Crippen LogP contribution in [0.25, 0.3) is 43.5 Å². The maximum absolute atomic E-state index is 7.51. The number of fused-ring (bicyclic) bond motifs is 7. The normalized spacial score (nSPS) is 12.8. The van der Waals surface area contributed by atoms with Gasteiger partial charge in [-0.15, -0.1) is 11.8 Å². The Morgan fingerprint density at radius 3 is 1.58 bits per heavy atom. The molecule has 0 amide bonds. The summed E-state index contributed by atoms with van der Waals surface area (Å²) in [6.45, 7) is 0.606. The number of halogens is 3. The molecule has 55 heavy (non-hydrogen) atoms. The van der Waals surface area contributed by atoms with Crippen molar-refractivity contribution in [2.75, 3.05) is 4.67 Å². The molecule has 0 aliphatic rings. The summed E-state index contributed by atoms with van der Waals surface area (Å²) in [4.78, 5) is 1.19. The predicted octanol–water partition coefficient (Wildman–Crippen LogP) is 16.0. The van der Waals surface area contributed by atoms with Crippen LogP contribution < -0.4 is 4.67 Å². The summed E-state index contributed by atoms with van der Waals surface area (Å²) in [6, 6.07) is 62.8. The lowest BCUT2D eigenvalue weighted by Crippen LogP contribution is -2.29. The highest BCUT2D eigenvalue weighted by Gasteiger charge is 2.36. The quantitative estimate of drug-likeness (QED) is 0.106. The first kappa shape index (κ1) is 37.0. The van der Waals surface area contributed by atoms with Crippen molar-refractivity contribution in [3.8, 4) is 0 Å². The van der Waals surface area contributed by atoms with Crippen molar-refractivity contribution in [1.82, 2.24) is 0 Å². The molecule has 8 heteroatoms. The average molecular weight is 1040 g/mol. The minimum Gasteiger partial charge on any atom is -0.407 e. The molecule has 2 atom stereocenters. The molecule has 0 bridgehead atoms. The molecule has 3 nitrogen and oxygen atoms in total. The summed E-state index contributed by atoms with van der Waals surface area (Å²) in [5, 5.41) is 6.77. The lowest BCUT2D eigenvalue weighted by molar-refractivity contribution is 0.569. The highest BCUT2D eigenvalue weighted by molar-refractivity contribution is 14.1. The van der Waals surface area contributed by atoms with Gasteiger partial charge in [0.25, 0.3) is 0 Å². The molecular formula is C47H33BrI2NO2PS. The minimum absolute atomic E-state index is 0.0308. The highest BCUT2D eigenvalue weighted by Crippen LogP contribution is 2.53. The van der Waals surface area contributed by atoms with E-state index < -0.39 is 8.16 Å². The lowest BCUT2D eigenvalue weighted by Gasteiger charge is -2.35. The predicted molar refractivity (Wildman–Crippen MR) is 253 cm³/mol. The van der Waals surface area contributed by atoms with Crippen LogP contribution in [0.4, 0.5) is 0 Å². The Morgan fingerprint density at radius 2 is 1.04 bits per heavy atom. The fourth-order valence-electron chi connectivity index (χ4n) is 7.34. The Balaban J connectivity index is 1.40. The fourth-order valence-corrected chi connectivity index (χ4v) is 12.5. The zero-order valence-electron chi connectivity index (χ0n) is 29.4. The molecule has 8 aromatic carbocycles. The van der Waals surface area contributed by atoms with Crippen molar-refractivity contribution in [3.63, 3.8) is 0 Å². The second-order valence-corrected chi connectivity index (χ2v) is 19.1. The molecule has 270 valence electrons. The first-order chi connectivity index (χ1) is 27.0. The van der Waals surface area contributed by atoms with E-state index in [2.05, 4.69) is 242 Å². The van der Waals surface area contributed by atoms with Gasteiger partial charge in [-0.3, -0.25) is 0 Å². The zero-order chi connectivity index (χ0) is 37.3. The Morgan fingerprint density at radius 1 is 0.564 bits per heavy atom. The minimum atomic E-state index is -1.76. The van der Waals surface area contributed by atoms with Gasteiger partial charge in [-0.2, -0.15) is 4.67 Å².